The van der Waals surface area contributed by atoms with Gasteiger partial charge in [-0.2, -0.15) is 0 Å². The number of esters is 1. The smallest absolute Gasteiger partial charge is 0.346 e. The van der Waals surface area contributed by atoms with E-state index in [-0.39, 0.29) is 41.6 Å². The van der Waals surface area contributed by atoms with Gasteiger partial charge in [0.2, 0.25) is 0 Å². The topological polar surface area (TPSA) is 122 Å². The summed E-state index contributed by atoms with van der Waals surface area (Å²) in [5.41, 5.74) is -1.48. The Morgan fingerprint density at radius 3 is 2.52 bits per heavy atom. The molecule has 3 fully saturated rings. The van der Waals surface area contributed by atoms with E-state index in [1.807, 2.05) is 6.92 Å². The second-order valence-corrected chi connectivity index (χ2v) is 8.35. The van der Waals surface area contributed by atoms with E-state index in [2.05, 4.69) is 5.16 Å². The van der Waals surface area contributed by atoms with Crippen LogP contribution in [-0.2, 0) is 23.9 Å². The van der Waals surface area contributed by atoms with Gasteiger partial charge in [-0.1, -0.05) is 25.9 Å². The minimum atomic E-state index is -1.41. The largest absolute Gasteiger partial charge is 0.486 e. The first-order valence-electron chi connectivity index (χ1n) is 9.31. The van der Waals surface area contributed by atoms with Crippen LogP contribution in [0.5, 0.6) is 0 Å². The van der Waals surface area contributed by atoms with Gasteiger partial charge in [0.05, 0.1) is 11.6 Å². The molecule has 0 amide bonds. The summed E-state index contributed by atoms with van der Waals surface area (Å²) in [6, 6.07) is 0. The first kappa shape index (κ1) is 18.2. The summed E-state index contributed by atoms with van der Waals surface area (Å²) in [5, 5.41) is 23.8. The van der Waals surface area contributed by atoms with Crippen LogP contribution in [0.15, 0.2) is 16.5 Å². The summed E-state index contributed by atoms with van der Waals surface area (Å²) in [6.07, 6.45) is -1.38. The van der Waals surface area contributed by atoms with Crippen LogP contribution in [0, 0.1) is 23.7 Å². The number of ether oxygens (including phenoxy) is 2. The fourth-order valence-corrected chi connectivity index (χ4v) is 5.16. The minimum Gasteiger partial charge on any atom is -0.486 e. The normalized spacial score (nSPS) is 45.6. The Bertz CT molecular complexity index is 800. The van der Waals surface area contributed by atoms with Gasteiger partial charge in [-0.25, -0.2) is 4.79 Å². The summed E-state index contributed by atoms with van der Waals surface area (Å²) in [5.74, 6) is -3.32. The van der Waals surface area contributed by atoms with Crippen molar-refractivity contribution in [2.45, 2.75) is 57.8 Å². The molecule has 2 N–H and O–H groups in total. The minimum absolute atomic E-state index is 0.0631. The molecule has 1 spiro atoms. The summed E-state index contributed by atoms with van der Waals surface area (Å²) in [7, 11) is 0. The molecule has 5 rings (SSSR count). The van der Waals surface area contributed by atoms with Crippen molar-refractivity contribution in [2.75, 3.05) is 0 Å². The SMILES string of the molecule is CC1CC(C)C(=O)C2=C3OC4C(C)CC3(OC2=O)C(C(=NO)CC1=O)C4O. The highest BCUT2D eigenvalue weighted by Crippen LogP contribution is 2.56. The second-order valence-electron chi connectivity index (χ2n) is 8.35. The van der Waals surface area contributed by atoms with E-state index in [9.17, 15) is 24.7 Å². The zero-order valence-electron chi connectivity index (χ0n) is 15.5. The maximum Gasteiger partial charge on any atom is 0.346 e. The standard InChI is InChI=1S/C19H23NO7/c1-7-4-8(2)14(22)12-17-19(27-18(12)24)6-9(3)16(26-17)15(23)13(19)10(20-25)5-11(7)21/h7-9,13,15-16,23,25H,4-6H2,1-3H3. The highest BCUT2D eigenvalue weighted by atomic mass is 16.6. The van der Waals surface area contributed by atoms with Crippen molar-refractivity contribution < 1.29 is 34.2 Å². The number of hydrogen-bond donors (Lipinski definition) is 2. The van der Waals surface area contributed by atoms with Crippen LogP contribution >= 0.6 is 0 Å². The van der Waals surface area contributed by atoms with E-state index in [0.29, 0.717) is 6.42 Å². The van der Waals surface area contributed by atoms with Gasteiger partial charge in [0, 0.05) is 24.7 Å². The number of aliphatic hydroxyl groups is 1. The van der Waals surface area contributed by atoms with Gasteiger partial charge < -0.3 is 19.8 Å². The van der Waals surface area contributed by atoms with Crippen LogP contribution in [0.2, 0.25) is 0 Å². The third kappa shape index (κ3) is 2.32. The Kier molecular flexibility index (Phi) is 3.96. The number of Topliss-reactive ketones (excluding diaryl/α,β-unsaturated/α-hetero) is 2. The molecule has 0 aromatic rings. The second kappa shape index (κ2) is 5.89. The number of fused-ring (bicyclic) bond motifs is 1. The molecule has 8 heteroatoms. The van der Waals surface area contributed by atoms with Gasteiger partial charge in [0.1, 0.15) is 23.6 Å². The predicted molar refractivity (Wildman–Crippen MR) is 90.8 cm³/mol. The Balaban J connectivity index is 1.95. The predicted octanol–water partition coefficient (Wildman–Crippen LogP) is 0.986. The van der Waals surface area contributed by atoms with Crippen LogP contribution in [0.1, 0.15) is 40.0 Å². The van der Waals surface area contributed by atoms with E-state index in [0.717, 1.165) is 0 Å². The van der Waals surface area contributed by atoms with Crippen molar-refractivity contribution in [1.82, 2.24) is 0 Å². The monoisotopic (exact) mass is 377 g/mol. The van der Waals surface area contributed by atoms with Crippen LogP contribution in [0.25, 0.3) is 0 Å². The maximum absolute atomic E-state index is 13.0. The van der Waals surface area contributed by atoms with Gasteiger partial charge in [0.15, 0.2) is 17.1 Å². The molecule has 2 saturated heterocycles. The van der Waals surface area contributed by atoms with Gasteiger partial charge in [0.25, 0.3) is 0 Å². The molecule has 27 heavy (non-hydrogen) atoms. The molecule has 0 aromatic heterocycles. The zero-order valence-corrected chi connectivity index (χ0v) is 15.5. The molecule has 3 heterocycles. The molecule has 0 aromatic carbocycles. The molecular formula is C19H23NO7. The molecule has 146 valence electrons. The number of rotatable bonds is 0. The fourth-order valence-electron chi connectivity index (χ4n) is 5.16. The van der Waals surface area contributed by atoms with Crippen molar-refractivity contribution in [3.05, 3.63) is 11.3 Å². The highest BCUT2D eigenvalue weighted by molar-refractivity contribution is 6.21. The highest BCUT2D eigenvalue weighted by Gasteiger charge is 2.69. The van der Waals surface area contributed by atoms with Crippen LogP contribution in [0.4, 0.5) is 0 Å². The number of aliphatic hydroxyl groups excluding tert-OH is 1. The molecule has 2 aliphatic carbocycles. The maximum atomic E-state index is 13.0. The van der Waals surface area contributed by atoms with E-state index >= 15 is 0 Å². The molecule has 5 aliphatic rings. The molecular weight excluding hydrogens is 354 g/mol. The van der Waals surface area contributed by atoms with Gasteiger partial charge >= 0.3 is 5.97 Å². The van der Waals surface area contributed by atoms with Crippen LogP contribution < -0.4 is 0 Å². The van der Waals surface area contributed by atoms with Crippen molar-refractivity contribution >= 4 is 23.2 Å². The van der Waals surface area contributed by atoms with Crippen molar-refractivity contribution in [2.24, 2.45) is 28.8 Å². The number of nitrogens with zero attached hydrogens (tertiary/aromatic N) is 1. The number of carbonyl (C=O) groups is 3. The van der Waals surface area contributed by atoms with Crippen molar-refractivity contribution in [3.8, 4) is 0 Å². The first-order chi connectivity index (χ1) is 12.7. The number of ketones is 2. The average molecular weight is 377 g/mol. The lowest BCUT2D eigenvalue weighted by atomic mass is 9.62. The summed E-state index contributed by atoms with van der Waals surface area (Å²) in [6.45, 7) is 5.24. The summed E-state index contributed by atoms with van der Waals surface area (Å²) < 4.78 is 11.6. The lowest BCUT2D eigenvalue weighted by molar-refractivity contribution is -0.216. The number of hydrogen-bond acceptors (Lipinski definition) is 8. The fraction of sp³-hybridized carbons (Fsp3) is 0.684. The lowest BCUT2D eigenvalue weighted by Gasteiger charge is -2.54. The first-order valence-corrected chi connectivity index (χ1v) is 9.31. The molecule has 3 aliphatic heterocycles. The average Bonchev–Trinajstić information content (AvgIpc) is 2.89. The van der Waals surface area contributed by atoms with Gasteiger partial charge in [-0.05, 0) is 12.3 Å². The van der Waals surface area contributed by atoms with Gasteiger partial charge in [-0.15, -0.1) is 0 Å². The molecule has 7 unspecified atom stereocenters. The zero-order chi connectivity index (χ0) is 19.7. The van der Waals surface area contributed by atoms with E-state index in [1.165, 1.54) is 0 Å². The van der Waals surface area contributed by atoms with E-state index in [1.54, 1.807) is 13.8 Å². The Morgan fingerprint density at radius 1 is 1.15 bits per heavy atom. The molecule has 8 nitrogen and oxygen atoms in total. The molecule has 5 bridgehead atoms. The van der Waals surface area contributed by atoms with Crippen molar-refractivity contribution in [3.63, 3.8) is 0 Å². The van der Waals surface area contributed by atoms with Crippen molar-refractivity contribution in [1.29, 1.82) is 0 Å². The summed E-state index contributed by atoms with van der Waals surface area (Å²) >= 11 is 0. The summed E-state index contributed by atoms with van der Waals surface area (Å²) in [4.78, 5) is 38.3. The molecule has 7 atom stereocenters. The van der Waals surface area contributed by atoms with Crippen LogP contribution in [-0.4, -0.2) is 51.4 Å². The van der Waals surface area contributed by atoms with Crippen LogP contribution in [0.3, 0.4) is 0 Å². The number of oxime groups is 1. The van der Waals surface area contributed by atoms with E-state index in [4.69, 9.17) is 9.47 Å². The molecule has 0 radical (unpaired) electrons. The van der Waals surface area contributed by atoms with E-state index < -0.39 is 47.3 Å². The van der Waals surface area contributed by atoms with Gasteiger partial charge in [-0.3, -0.25) is 9.59 Å². The Labute approximate surface area is 156 Å². The Hall–Kier alpha value is -2.22. The third-order valence-corrected chi connectivity index (χ3v) is 6.50. The quantitative estimate of drug-likeness (QED) is 0.279. The molecule has 1 saturated carbocycles. The number of carbonyl (C=O) groups excluding carboxylic acids is 3. The lowest BCUT2D eigenvalue weighted by Crippen LogP contribution is -2.66. The Morgan fingerprint density at radius 2 is 1.85 bits per heavy atom. The third-order valence-electron chi connectivity index (χ3n) is 6.50.